The zero-order valence-electron chi connectivity index (χ0n) is 40.7. The molecule has 0 aromatic heterocycles. The number of phenols is 3. The summed E-state index contributed by atoms with van der Waals surface area (Å²) in [6.45, 7) is 10.2. The number of halogens is 1. The van der Waals surface area contributed by atoms with Gasteiger partial charge in [-0.2, -0.15) is 0 Å². The van der Waals surface area contributed by atoms with Gasteiger partial charge in [0.2, 0.25) is 5.24 Å². The van der Waals surface area contributed by atoms with Gasteiger partial charge in [-0.3, -0.25) is 4.79 Å². The maximum atomic E-state index is 12.7. The van der Waals surface area contributed by atoms with Gasteiger partial charge in [-0.1, -0.05) is 124 Å². The lowest BCUT2D eigenvalue weighted by Crippen LogP contribution is -2.23. The second-order valence-electron chi connectivity index (χ2n) is 18.2. The summed E-state index contributed by atoms with van der Waals surface area (Å²) < 4.78 is 5.82. The van der Waals surface area contributed by atoms with Gasteiger partial charge in [0.1, 0.15) is 28.9 Å². The van der Waals surface area contributed by atoms with Gasteiger partial charge >= 0.3 is 5.97 Å². The molecule has 0 aliphatic heterocycles. The summed E-state index contributed by atoms with van der Waals surface area (Å²) in [5.41, 5.74) is 11.8. The van der Waals surface area contributed by atoms with Crippen LogP contribution in [-0.2, 0) is 57.5 Å². The van der Waals surface area contributed by atoms with Crippen molar-refractivity contribution in [3.8, 4) is 23.0 Å². The average molecular weight is 973 g/mol. The van der Waals surface area contributed by atoms with Crippen molar-refractivity contribution in [3.63, 3.8) is 0 Å². The summed E-state index contributed by atoms with van der Waals surface area (Å²) in [6.07, 6.45) is 14.9. The van der Waals surface area contributed by atoms with E-state index < -0.39 is 11.2 Å². The molecule has 4 N–H and O–H groups in total. The van der Waals surface area contributed by atoms with Crippen LogP contribution >= 0.6 is 11.6 Å². The third-order valence-electron chi connectivity index (χ3n) is 14.4. The highest BCUT2D eigenvalue weighted by Gasteiger charge is 2.49. The number of ether oxygens (including phenoxy) is 1. The van der Waals surface area contributed by atoms with Crippen molar-refractivity contribution in [2.75, 3.05) is 19.6 Å². The van der Waals surface area contributed by atoms with Crippen molar-refractivity contribution in [2.45, 2.75) is 89.6 Å². The normalized spacial score (nSPS) is 16.2. The molecule has 0 radical (unpaired) electrons. The molecule has 4 aliphatic rings. The molecule has 1 atom stereocenters. The molecule has 71 heavy (non-hydrogen) atoms. The fourth-order valence-electron chi connectivity index (χ4n) is 11.0. The van der Waals surface area contributed by atoms with Crippen LogP contribution < -0.4 is 4.74 Å². The number of aliphatic hydroxyl groups is 1. The van der Waals surface area contributed by atoms with Crippen molar-refractivity contribution in [3.05, 3.63) is 200 Å². The maximum absolute atomic E-state index is 12.7. The Morgan fingerprint density at radius 3 is 1.38 bits per heavy atom. The minimum Gasteiger partial charge on any atom is -0.508 e. The van der Waals surface area contributed by atoms with Crippen molar-refractivity contribution in [2.24, 2.45) is 0 Å². The molecular weight excluding hydrogens is 910 g/mol. The van der Waals surface area contributed by atoms with Crippen LogP contribution in [0.2, 0.25) is 0 Å². The van der Waals surface area contributed by atoms with Gasteiger partial charge in [0.05, 0.1) is 6.61 Å². The number of aliphatic hydroxyl groups excluding tert-OH is 1. The van der Waals surface area contributed by atoms with E-state index in [1.54, 1.807) is 60.6 Å². The lowest BCUT2D eigenvalue weighted by molar-refractivity contribution is -0.129. The number of nitrogens with zero attached hydrogens (tertiary/aromatic N) is 1. The van der Waals surface area contributed by atoms with Crippen LogP contribution in [0.4, 0.5) is 0 Å². The van der Waals surface area contributed by atoms with E-state index in [0.29, 0.717) is 23.0 Å². The van der Waals surface area contributed by atoms with Crippen LogP contribution in [0.3, 0.4) is 0 Å². The second kappa shape index (κ2) is 23.7. The molecule has 6 aromatic carbocycles. The molecule has 10 rings (SSSR count). The summed E-state index contributed by atoms with van der Waals surface area (Å²) >= 11 is 5.12. The zero-order chi connectivity index (χ0) is 50.5. The number of allylic oxidation sites excluding steroid dienone is 1. The summed E-state index contributed by atoms with van der Waals surface area (Å²) in [6, 6.07) is 37.5. The molecular formula is C61H62ClNO8. The molecule has 0 heterocycles. The molecule has 2 spiro atoms. The van der Waals surface area contributed by atoms with Gasteiger partial charge in [0.25, 0.3) is 0 Å². The predicted octanol–water partition coefficient (Wildman–Crippen LogP) is 11.6. The number of rotatable bonds is 10. The van der Waals surface area contributed by atoms with E-state index in [4.69, 9.17) is 21.4 Å². The number of carbonyl (C=O) groups is 2. The first-order valence-electron chi connectivity index (χ1n) is 24.5. The highest BCUT2D eigenvalue weighted by atomic mass is 35.5. The standard InChI is InChI=1S/C28H22O4.C17H16O2.C10H9ClO2.C6H15N/c29-18-15-20-9-7-19(8-10-20)11-12-25(31)32-24-6-2-4-22-14-17-28(27(22)24)16-13-21-3-1-5-23(30)26(21)28;18-13-5-1-3-11-7-9-17(15(11)13)10-8-12-4-2-6-14(19)16(12)17;11-10(13)6-5-8-1-3-9(7-12)4-2-8;1-4-7(5-2)6-3/h1-12,15,30H,13-14,16-17H2;1-6,18-19H,7-10H2;1-6,12H,7H2;4-6H2,1-3H3/b12-11+;;6-5+;/t28-;;;/m1.../s1. The Labute approximate surface area is 422 Å². The lowest BCUT2D eigenvalue weighted by Gasteiger charge is -2.28. The molecule has 366 valence electrons. The van der Waals surface area contributed by atoms with Crippen LogP contribution in [0.15, 0.2) is 133 Å². The minimum atomic E-state index is -0.494. The molecule has 4 aliphatic carbocycles. The number of phenolic OH excluding ortho intramolecular Hbond substituents is 3. The van der Waals surface area contributed by atoms with E-state index in [1.165, 1.54) is 60.1 Å². The molecule has 0 fully saturated rings. The van der Waals surface area contributed by atoms with Crippen LogP contribution in [0, 0.1) is 0 Å². The number of esters is 1. The van der Waals surface area contributed by atoms with Gasteiger partial charge < -0.3 is 30.1 Å². The van der Waals surface area contributed by atoms with Crippen molar-refractivity contribution in [1.82, 2.24) is 4.90 Å². The fourth-order valence-corrected chi connectivity index (χ4v) is 11.1. The SMILES string of the molecule is CCN(CC)CC.O=C(Cl)/C=C/c1ccc(CO)cc1.O=C=Cc1ccc(/C=C/C(=O)Oc2cccc3c2[C@]2(CCc4cccc(O)c42)CC3)cc1.Oc1cccc2c1C1(CC2)CCc2cccc(O)c21. The van der Waals surface area contributed by atoms with E-state index in [1.807, 2.05) is 54.6 Å². The van der Waals surface area contributed by atoms with E-state index in [0.717, 1.165) is 95.9 Å². The first-order chi connectivity index (χ1) is 34.4. The van der Waals surface area contributed by atoms with Gasteiger partial charge in [-0.25, -0.2) is 9.59 Å². The number of benzene rings is 6. The molecule has 0 amide bonds. The smallest absolute Gasteiger partial charge is 0.336 e. The zero-order valence-corrected chi connectivity index (χ0v) is 41.4. The second-order valence-corrected chi connectivity index (χ2v) is 18.6. The Balaban J connectivity index is 0.000000160. The van der Waals surface area contributed by atoms with Crippen molar-refractivity contribution < 1.29 is 39.5 Å². The van der Waals surface area contributed by atoms with Gasteiger partial charge in [0, 0.05) is 45.2 Å². The number of carbonyl (C=O) groups excluding carboxylic acids is 3. The van der Waals surface area contributed by atoms with Crippen LogP contribution in [0.5, 0.6) is 23.0 Å². The topological polar surface area (TPSA) is 145 Å². The average Bonchev–Trinajstić information content (AvgIpc) is 4.17. The highest BCUT2D eigenvalue weighted by Crippen LogP contribution is 2.58. The molecule has 0 unspecified atom stereocenters. The molecule has 0 saturated heterocycles. The van der Waals surface area contributed by atoms with E-state index in [9.17, 15) is 29.7 Å². The molecule has 9 nitrogen and oxygen atoms in total. The largest absolute Gasteiger partial charge is 0.508 e. The number of hydrogen-bond acceptors (Lipinski definition) is 9. The molecule has 10 heteroatoms. The monoisotopic (exact) mass is 971 g/mol. The third-order valence-corrected chi connectivity index (χ3v) is 14.5. The summed E-state index contributed by atoms with van der Waals surface area (Å²) in [7, 11) is 0. The number of hydrogen-bond donors (Lipinski definition) is 4. The Bertz CT molecular complexity index is 2880. The summed E-state index contributed by atoms with van der Waals surface area (Å²) in [5.74, 6) is 2.95. The minimum absolute atomic E-state index is 0.0262. The quantitative estimate of drug-likeness (QED) is 0.0347. The number of fused-ring (bicyclic) bond motifs is 8. The Morgan fingerprint density at radius 1 is 0.577 bits per heavy atom. The summed E-state index contributed by atoms with van der Waals surface area (Å²) in [5, 5.41) is 39.5. The van der Waals surface area contributed by atoms with E-state index >= 15 is 0 Å². The van der Waals surface area contributed by atoms with Gasteiger partial charge in [-0.15, -0.1) is 0 Å². The van der Waals surface area contributed by atoms with Gasteiger partial charge in [-0.05, 0) is 164 Å². The maximum Gasteiger partial charge on any atom is 0.336 e. The van der Waals surface area contributed by atoms with Crippen LogP contribution in [0.1, 0.15) is 113 Å². The molecule has 0 bridgehead atoms. The Hall–Kier alpha value is -7.00. The number of aromatic hydroxyl groups is 3. The van der Waals surface area contributed by atoms with Crippen molar-refractivity contribution in [1.29, 1.82) is 0 Å². The Morgan fingerprint density at radius 2 is 0.972 bits per heavy atom. The van der Waals surface area contributed by atoms with E-state index in [2.05, 4.69) is 49.9 Å². The first kappa shape index (κ1) is 51.8. The molecule has 6 aromatic rings. The Kier molecular flexibility index (Phi) is 17.3. The van der Waals surface area contributed by atoms with E-state index in [-0.39, 0.29) is 17.4 Å². The lowest BCUT2D eigenvalue weighted by atomic mass is 9.76. The first-order valence-corrected chi connectivity index (χ1v) is 24.8. The van der Waals surface area contributed by atoms with Crippen LogP contribution in [-0.4, -0.2) is 62.1 Å². The summed E-state index contributed by atoms with van der Waals surface area (Å²) in [4.78, 5) is 35.8. The van der Waals surface area contributed by atoms with Crippen LogP contribution in [0.25, 0.3) is 18.2 Å². The predicted molar refractivity (Wildman–Crippen MR) is 283 cm³/mol. The third kappa shape index (κ3) is 11.6. The van der Waals surface area contributed by atoms with Gasteiger partial charge in [0.15, 0.2) is 0 Å². The van der Waals surface area contributed by atoms with Crippen molar-refractivity contribution >= 4 is 47.0 Å². The fraction of sp³-hybridized carbons (Fsp3) is 0.279. The highest BCUT2D eigenvalue weighted by molar-refractivity contribution is 6.66. The molecule has 0 saturated carbocycles. The number of aryl methyl sites for hydroxylation is 4.